The molecule has 3 aromatic rings. The highest BCUT2D eigenvalue weighted by Gasteiger charge is 2.34. The molecule has 0 amide bonds. The maximum Gasteiger partial charge on any atom is 0.418 e. The molecule has 0 aliphatic heterocycles. The molecule has 22 heavy (non-hydrogen) atoms. The molecule has 7 heteroatoms. The number of imidazole rings is 1. The van der Waals surface area contributed by atoms with Crippen molar-refractivity contribution in [1.29, 1.82) is 0 Å². The number of hydrogen-bond donors (Lipinski definition) is 1. The molecule has 0 saturated heterocycles. The molecule has 2 aromatic heterocycles. The summed E-state index contributed by atoms with van der Waals surface area (Å²) in [4.78, 5) is 11.0. The Hall–Kier alpha value is -2.15. The Balaban J connectivity index is 2.10. The van der Waals surface area contributed by atoms with Gasteiger partial charge in [-0.1, -0.05) is 22.0 Å². The van der Waals surface area contributed by atoms with E-state index in [2.05, 4.69) is 30.9 Å². The predicted molar refractivity (Wildman–Crippen MR) is 80.0 cm³/mol. The first kappa shape index (κ1) is 14.8. The van der Waals surface area contributed by atoms with Crippen LogP contribution in [0.3, 0.4) is 0 Å². The summed E-state index contributed by atoms with van der Waals surface area (Å²) >= 11 is 3.37. The van der Waals surface area contributed by atoms with Crippen LogP contribution in [-0.2, 0) is 6.18 Å². The molecular formula is C15H9BrF3N3. The molecule has 0 radical (unpaired) electrons. The van der Waals surface area contributed by atoms with Crippen LogP contribution in [0.1, 0.15) is 5.56 Å². The molecule has 1 aromatic carbocycles. The molecule has 1 N–H and O–H groups in total. The van der Waals surface area contributed by atoms with Crippen LogP contribution in [0.5, 0.6) is 0 Å². The van der Waals surface area contributed by atoms with Gasteiger partial charge in [-0.3, -0.25) is 4.98 Å². The summed E-state index contributed by atoms with van der Waals surface area (Å²) in [6.07, 6.45) is 0.182. The van der Waals surface area contributed by atoms with Gasteiger partial charge >= 0.3 is 6.18 Å². The van der Waals surface area contributed by atoms with Crippen LogP contribution in [0.4, 0.5) is 13.2 Å². The lowest BCUT2D eigenvalue weighted by atomic mass is 10.0. The summed E-state index contributed by atoms with van der Waals surface area (Å²) in [7, 11) is 0. The zero-order chi connectivity index (χ0) is 15.7. The Morgan fingerprint density at radius 1 is 1.05 bits per heavy atom. The van der Waals surface area contributed by atoms with E-state index in [4.69, 9.17) is 0 Å². The smallest absolute Gasteiger partial charge is 0.345 e. The van der Waals surface area contributed by atoms with Crippen LogP contribution in [-0.4, -0.2) is 15.0 Å². The van der Waals surface area contributed by atoms with Gasteiger partial charge in [-0.15, -0.1) is 0 Å². The minimum Gasteiger partial charge on any atom is -0.345 e. The van der Waals surface area contributed by atoms with Gasteiger partial charge in [0.1, 0.15) is 5.82 Å². The first-order chi connectivity index (χ1) is 10.5. The lowest BCUT2D eigenvalue weighted by Gasteiger charge is -2.12. The SMILES string of the molecule is FC(F)(F)c1cccnc1-c1ccc(-c2ncc[nH]2)c(Br)c1. The molecule has 0 saturated carbocycles. The van der Waals surface area contributed by atoms with Crippen LogP contribution >= 0.6 is 15.9 Å². The van der Waals surface area contributed by atoms with E-state index in [-0.39, 0.29) is 5.69 Å². The molecule has 3 rings (SSSR count). The Morgan fingerprint density at radius 2 is 1.86 bits per heavy atom. The highest BCUT2D eigenvalue weighted by Crippen LogP contribution is 2.37. The van der Waals surface area contributed by atoms with Gasteiger partial charge in [-0.25, -0.2) is 4.98 Å². The maximum atomic E-state index is 13.1. The topological polar surface area (TPSA) is 41.6 Å². The van der Waals surface area contributed by atoms with Crippen molar-refractivity contribution in [2.75, 3.05) is 0 Å². The minimum atomic E-state index is -4.45. The molecule has 112 valence electrons. The fourth-order valence-corrected chi connectivity index (χ4v) is 2.70. The summed E-state index contributed by atoms with van der Waals surface area (Å²) in [6, 6.07) is 7.21. The molecule has 0 bridgehead atoms. The number of aromatic amines is 1. The highest BCUT2D eigenvalue weighted by molar-refractivity contribution is 9.10. The number of halogens is 4. The van der Waals surface area contributed by atoms with Crippen molar-refractivity contribution in [1.82, 2.24) is 15.0 Å². The van der Waals surface area contributed by atoms with E-state index in [1.54, 1.807) is 30.6 Å². The Morgan fingerprint density at radius 3 is 2.50 bits per heavy atom. The third-order valence-corrected chi connectivity index (χ3v) is 3.77. The molecule has 3 nitrogen and oxygen atoms in total. The molecule has 2 heterocycles. The number of nitrogens with one attached hydrogen (secondary N) is 1. The first-order valence-corrected chi connectivity index (χ1v) is 7.08. The molecule has 0 unspecified atom stereocenters. The number of nitrogens with zero attached hydrogens (tertiary/aromatic N) is 2. The van der Waals surface area contributed by atoms with Gasteiger partial charge in [0, 0.05) is 34.2 Å². The van der Waals surface area contributed by atoms with Crippen LogP contribution in [0.25, 0.3) is 22.6 Å². The van der Waals surface area contributed by atoms with Crippen molar-refractivity contribution in [3.63, 3.8) is 0 Å². The Labute approximate surface area is 132 Å². The van der Waals surface area contributed by atoms with E-state index in [9.17, 15) is 13.2 Å². The third-order valence-electron chi connectivity index (χ3n) is 3.11. The van der Waals surface area contributed by atoms with Crippen molar-refractivity contribution < 1.29 is 13.2 Å². The second-order valence-electron chi connectivity index (χ2n) is 4.53. The monoisotopic (exact) mass is 367 g/mol. The number of pyridine rings is 1. The number of aromatic nitrogens is 3. The van der Waals surface area contributed by atoms with Gasteiger partial charge in [-0.2, -0.15) is 13.2 Å². The number of H-pyrrole nitrogens is 1. The minimum absolute atomic E-state index is 0.0957. The van der Waals surface area contributed by atoms with Gasteiger partial charge < -0.3 is 4.98 Å². The van der Waals surface area contributed by atoms with Crippen LogP contribution < -0.4 is 0 Å². The average molecular weight is 368 g/mol. The van der Waals surface area contributed by atoms with Crippen molar-refractivity contribution in [3.05, 3.63) is 59.0 Å². The van der Waals surface area contributed by atoms with E-state index in [1.807, 2.05) is 0 Å². The molecule has 0 aliphatic rings. The van der Waals surface area contributed by atoms with E-state index in [0.29, 0.717) is 15.9 Å². The maximum absolute atomic E-state index is 13.1. The van der Waals surface area contributed by atoms with Gasteiger partial charge in [0.2, 0.25) is 0 Å². The van der Waals surface area contributed by atoms with Gasteiger partial charge in [0.25, 0.3) is 0 Å². The zero-order valence-electron chi connectivity index (χ0n) is 11.0. The van der Waals surface area contributed by atoms with Crippen molar-refractivity contribution >= 4 is 15.9 Å². The largest absolute Gasteiger partial charge is 0.418 e. The predicted octanol–water partition coefficient (Wildman–Crippen LogP) is 4.92. The van der Waals surface area contributed by atoms with E-state index in [0.717, 1.165) is 11.6 Å². The zero-order valence-corrected chi connectivity index (χ0v) is 12.6. The molecule has 0 atom stereocenters. The van der Waals surface area contributed by atoms with Gasteiger partial charge in [0.15, 0.2) is 0 Å². The average Bonchev–Trinajstić information content (AvgIpc) is 3.00. The lowest BCUT2D eigenvalue weighted by Crippen LogP contribution is -2.08. The summed E-state index contributed by atoms with van der Waals surface area (Å²) in [5.74, 6) is 0.635. The number of rotatable bonds is 2. The van der Waals surface area contributed by atoms with Crippen molar-refractivity contribution in [2.24, 2.45) is 0 Å². The first-order valence-electron chi connectivity index (χ1n) is 6.28. The van der Waals surface area contributed by atoms with Crippen molar-refractivity contribution in [2.45, 2.75) is 6.18 Å². The fourth-order valence-electron chi connectivity index (χ4n) is 2.13. The van der Waals surface area contributed by atoms with E-state index in [1.165, 1.54) is 12.3 Å². The normalized spacial score (nSPS) is 11.6. The van der Waals surface area contributed by atoms with Crippen LogP contribution in [0, 0.1) is 0 Å². The number of benzene rings is 1. The molecule has 0 spiro atoms. The second-order valence-corrected chi connectivity index (χ2v) is 5.38. The highest BCUT2D eigenvalue weighted by atomic mass is 79.9. The summed E-state index contributed by atoms with van der Waals surface area (Å²) in [5.41, 5.74) is 0.294. The Bertz CT molecular complexity index is 798. The van der Waals surface area contributed by atoms with E-state index < -0.39 is 11.7 Å². The summed E-state index contributed by atoms with van der Waals surface area (Å²) < 4.78 is 39.8. The lowest BCUT2D eigenvalue weighted by molar-refractivity contribution is -0.137. The number of hydrogen-bond acceptors (Lipinski definition) is 2. The number of alkyl halides is 3. The molecule has 0 aliphatic carbocycles. The van der Waals surface area contributed by atoms with Crippen LogP contribution in [0.2, 0.25) is 0 Å². The molecule has 0 fully saturated rings. The van der Waals surface area contributed by atoms with Crippen LogP contribution in [0.15, 0.2) is 53.4 Å². The van der Waals surface area contributed by atoms with Gasteiger partial charge in [0.05, 0.1) is 11.3 Å². The van der Waals surface area contributed by atoms with Gasteiger partial charge in [-0.05, 0) is 24.3 Å². The van der Waals surface area contributed by atoms with E-state index >= 15 is 0 Å². The summed E-state index contributed by atoms with van der Waals surface area (Å²) in [5, 5.41) is 0. The third kappa shape index (κ3) is 2.76. The quantitative estimate of drug-likeness (QED) is 0.698. The Kier molecular flexibility index (Phi) is 3.74. The van der Waals surface area contributed by atoms with Crippen molar-refractivity contribution in [3.8, 4) is 22.6 Å². The molecular weight excluding hydrogens is 359 g/mol. The summed E-state index contributed by atoms with van der Waals surface area (Å²) in [6.45, 7) is 0. The second kappa shape index (κ2) is 5.57. The standard InChI is InChI=1S/C15H9BrF3N3/c16-12-8-9(3-4-10(12)14-21-6-7-22-14)13-11(15(17,18)19)2-1-5-20-13/h1-8H,(H,21,22). The fraction of sp³-hybridized carbons (Fsp3) is 0.0667.